The minimum Gasteiger partial charge on any atom is -0.461 e. The minimum absolute atomic E-state index is 0.0277. The summed E-state index contributed by atoms with van der Waals surface area (Å²) in [5.74, 6) is -0.516. The number of aromatic nitrogens is 3. The van der Waals surface area contributed by atoms with Crippen molar-refractivity contribution in [2.45, 2.75) is 40.0 Å². The van der Waals surface area contributed by atoms with Crippen molar-refractivity contribution in [1.82, 2.24) is 14.4 Å². The van der Waals surface area contributed by atoms with Gasteiger partial charge in [-0.05, 0) is 37.0 Å². The topological polar surface area (TPSA) is 76.5 Å². The maximum atomic E-state index is 12.4. The molecule has 0 amide bonds. The predicted molar refractivity (Wildman–Crippen MR) is 92.7 cm³/mol. The van der Waals surface area contributed by atoms with Gasteiger partial charge in [0.2, 0.25) is 5.65 Å². The lowest BCUT2D eigenvalue weighted by Crippen LogP contribution is -2.14. The number of benzene rings is 1. The molecule has 0 aliphatic rings. The zero-order chi connectivity index (χ0) is 17.6. The van der Waals surface area contributed by atoms with Gasteiger partial charge in [0, 0.05) is 0 Å². The summed E-state index contributed by atoms with van der Waals surface area (Å²) < 4.78 is 6.74. The zero-order valence-corrected chi connectivity index (χ0v) is 14.6. The van der Waals surface area contributed by atoms with Crippen LogP contribution >= 0.6 is 0 Å². The fourth-order valence-electron chi connectivity index (χ4n) is 2.82. The van der Waals surface area contributed by atoms with E-state index in [1.54, 1.807) is 18.2 Å². The Morgan fingerprint density at radius 1 is 1.33 bits per heavy atom. The third-order valence-electron chi connectivity index (χ3n) is 4.13. The second kappa shape index (κ2) is 5.47. The normalized spacial score (nSPS) is 12.0. The highest BCUT2D eigenvalue weighted by Crippen LogP contribution is 2.26. The number of esters is 1. The van der Waals surface area contributed by atoms with Crippen molar-refractivity contribution in [3.05, 3.63) is 45.5 Å². The number of carbonyl (C=O) groups excluding carboxylic acids is 1. The number of aryl methyl sites for hydroxylation is 1. The maximum absolute atomic E-state index is 12.4. The summed E-state index contributed by atoms with van der Waals surface area (Å²) in [6, 6.07) is 5.95. The maximum Gasteiger partial charge on any atom is 0.358 e. The second-order valence-electron chi connectivity index (χ2n) is 6.86. The predicted octanol–water partition coefficient (Wildman–Crippen LogP) is 2.96. The smallest absolute Gasteiger partial charge is 0.358 e. The molecule has 0 saturated carbocycles. The molecule has 2 aromatic heterocycles. The molecule has 0 fully saturated rings. The minimum atomic E-state index is -0.516. The van der Waals surface area contributed by atoms with Crippen LogP contribution in [0.5, 0.6) is 0 Å². The Balaban J connectivity index is 2.34. The Labute approximate surface area is 139 Å². The molecule has 0 bridgehead atoms. The molecule has 3 rings (SSSR count). The Morgan fingerprint density at radius 2 is 2.04 bits per heavy atom. The fraction of sp³-hybridized carbons (Fsp3) is 0.389. The van der Waals surface area contributed by atoms with Crippen LogP contribution in [-0.2, 0) is 10.2 Å². The van der Waals surface area contributed by atoms with E-state index in [1.165, 1.54) is 0 Å². The van der Waals surface area contributed by atoms with E-state index in [0.29, 0.717) is 5.69 Å². The van der Waals surface area contributed by atoms with E-state index >= 15 is 0 Å². The van der Waals surface area contributed by atoms with Crippen LogP contribution in [0.25, 0.3) is 16.7 Å². The SMILES string of the molecule is CCOC(=O)c1nc2c(=O)[nH]c3cc(C(C)(C)C)ccc3n2c1C. The first kappa shape index (κ1) is 16.2. The van der Waals surface area contributed by atoms with Crippen LogP contribution in [0.15, 0.2) is 23.0 Å². The van der Waals surface area contributed by atoms with Crippen LogP contribution in [0.4, 0.5) is 0 Å². The van der Waals surface area contributed by atoms with Gasteiger partial charge in [-0.1, -0.05) is 26.8 Å². The number of nitrogens with one attached hydrogen (secondary N) is 1. The van der Waals surface area contributed by atoms with E-state index in [4.69, 9.17) is 4.74 Å². The van der Waals surface area contributed by atoms with Crippen molar-refractivity contribution in [2.75, 3.05) is 6.61 Å². The van der Waals surface area contributed by atoms with Crippen LogP contribution in [0, 0.1) is 6.92 Å². The van der Waals surface area contributed by atoms with Gasteiger partial charge in [-0.15, -0.1) is 0 Å². The average Bonchev–Trinajstić information content (AvgIpc) is 2.85. The van der Waals surface area contributed by atoms with Crippen molar-refractivity contribution in [3.63, 3.8) is 0 Å². The summed E-state index contributed by atoms with van der Waals surface area (Å²) in [5.41, 5.74) is 3.26. The number of H-pyrrole nitrogens is 1. The molecule has 2 heterocycles. The van der Waals surface area contributed by atoms with Crippen molar-refractivity contribution >= 4 is 22.6 Å². The molecular weight excluding hydrogens is 306 g/mol. The van der Waals surface area contributed by atoms with Crippen molar-refractivity contribution in [2.24, 2.45) is 0 Å². The number of rotatable bonds is 2. The number of aromatic amines is 1. The van der Waals surface area contributed by atoms with Crippen LogP contribution in [0.3, 0.4) is 0 Å². The van der Waals surface area contributed by atoms with Gasteiger partial charge < -0.3 is 9.72 Å². The number of fused-ring (bicyclic) bond motifs is 3. The molecule has 3 aromatic rings. The van der Waals surface area contributed by atoms with Crippen LogP contribution in [-0.4, -0.2) is 26.9 Å². The van der Waals surface area contributed by atoms with Gasteiger partial charge in [-0.25, -0.2) is 9.78 Å². The Bertz CT molecular complexity index is 1010. The summed E-state index contributed by atoms with van der Waals surface area (Å²) in [5, 5.41) is 0. The molecule has 0 spiro atoms. The molecule has 0 aliphatic carbocycles. The Kier molecular flexibility index (Phi) is 3.70. The Hall–Kier alpha value is -2.63. The summed E-state index contributed by atoms with van der Waals surface area (Å²) >= 11 is 0. The first-order valence-electron chi connectivity index (χ1n) is 7.96. The molecule has 0 saturated heterocycles. The van der Waals surface area contributed by atoms with E-state index in [0.717, 1.165) is 16.6 Å². The highest BCUT2D eigenvalue weighted by atomic mass is 16.5. The van der Waals surface area contributed by atoms with Gasteiger partial charge in [-0.3, -0.25) is 9.20 Å². The zero-order valence-electron chi connectivity index (χ0n) is 14.6. The fourth-order valence-corrected chi connectivity index (χ4v) is 2.82. The van der Waals surface area contributed by atoms with Crippen LogP contribution in [0.1, 0.15) is 49.4 Å². The van der Waals surface area contributed by atoms with Crippen molar-refractivity contribution < 1.29 is 9.53 Å². The van der Waals surface area contributed by atoms with E-state index in [1.807, 2.05) is 18.2 Å². The lowest BCUT2D eigenvalue weighted by molar-refractivity contribution is 0.0519. The first-order valence-corrected chi connectivity index (χ1v) is 7.96. The van der Waals surface area contributed by atoms with Crippen LogP contribution < -0.4 is 5.56 Å². The summed E-state index contributed by atoms with van der Waals surface area (Å²) in [7, 11) is 0. The summed E-state index contributed by atoms with van der Waals surface area (Å²) in [6.45, 7) is 10.1. The molecule has 126 valence electrons. The molecule has 6 heteroatoms. The molecule has 1 aromatic carbocycles. The molecule has 1 N–H and O–H groups in total. The quantitative estimate of drug-likeness (QED) is 0.734. The molecule has 24 heavy (non-hydrogen) atoms. The van der Waals surface area contributed by atoms with Gasteiger partial charge in [0.05, 0.1) is 23.3 Å². The highest BCUT2D eigenvalue weighted by molar-refractivity contribution is 5.91. The van der Waals surface area contributed by atoms with Gasteiger partial charge in [-0.2, -0.15) is 0 Å². The van der Waals surface area contributed by atoms with Crippen molar-refractivity contribution in [3.8, 4) is 0 Å². The number of nitrogens with zero attached hydrogens (tertiary/aromatic N) is 2. The number of ether oxygens (including phenoxy) is 1. The van der Waals surface area contributed by atoms with E-state index in [2.05, 4.69) is 30.7 Å². The summed E-state index contributed by atoms with van der Waals surface area (Å²) in [6.07, 6.45) is 0. The molecule has 0 radical (unpaired) electrons. The summed E-state index contributed by atoms with van der Waals surface area (Å²) in [4.78, 5) is 31.5. The molecule has 0 atom stereocenters. The third kappa shape index (κ3) is 2.48. The second-order valence-corrected chi connectivity index (χ2v) is 6.86. The third-order valence-corrected chi connectivity index (χ3v) is 4.13. The van der Waals surface area contributed by atoms with E-state index < -0.39 is 5.97 Å². The molecule has 6 nitrogen and oxygen atoms in total. The molecule has 0 unspecified atom stereocenters. The van der Waals surface area contributed by atoms with Gasteiger partial charge >= 0.3 is 5.97 Å². The molecule has 0 aliphatic heterocycles. The molecular formula is C18H21N3O3. The highest BCUT2D eigenvalue weighted by Gasteiger charge is 2.21. The van der Waals surface area contributed by atoms with E-state index in [-0.39, 0.29) is 28.9 Å². The number of carbonyl (C=O) groups is 1. The van der Waals surface area contributed by atoms with Crippen LogP contribution in [0.2, 0.25) is 0 Å². The van der Waals surface area contributed by atoms with Crippen molar-refractivity contribution in [1.29, 1.82) is 0 Å². The van der Waals surface area contributed by atoms with E-state index in [9.17, 15) is 9.59 Å². The van der Waals surface area contributed by atoms with Gasteiger partial charge in [0.15, 0.2) is 5.69 Å². The average molecular weight is 327 g/mol. The number of hydrogen-bond donors (Lipinski definition) is 1. The van der Waals surface area contributed by atoms with Gasteiger partial charge in [0.25, 0.3) is 5.56 Å². The lowest BCUT2D eigenvalue weighted by atomic mass is 9.87. The Morgan fingerprint density at radius 3 is 2.67 bits per heavy atom. The number of imidazole rings is 1. The lowest BCUT2D eigenvalue weighted by Gasteiger charge is -2.19. The number of hydrogen-bond acceptors (Lipinski definition) is 4. The first-order chi connectivity index (χ1) is 11.2. The largest absolute Gasteiger partial charge is 0.461 e. The monoisotopic (exact) mass is 327 g/mol. The standard InChI is InChI=1S/C18H21N3O3/c1-6-24-17(23)14-10(2)21-13-8-7-11(18(3,4)5)9-12(13)19-16(22)15(21)20-14/h7-9H,6H2,1-5H3,(H,19,22). The van der Waals surface area contributed by atoms with Gasteiger partial charge in [0.1, 0.15) is 0 Å².